The third-order valence-corrected chi connectivity index (χ3v) is 4.35. The molecular weight excluding hydrogens is 269 g/mol. The minimum Gasteiger partial charge on any atom is -0.369 e. The second kappa shape index (κ2) is 5.90. The Morgan fingerprint density at radius 1 is 1.40 bits per heavy atom. The molecule has 2 aliphatic carbocycles. The van der Waals surface area contributed by atoms with Crippen molar-refractivity contribution < 1.29 is 17.9 Å². The summed E-state index contributed by atoms with van der Waals surface area (Å²) in [4.78, 5) is 0. The molecule has 114 valence electrons. The van der Waals surface area contributed by atoms with Gasteiger partial charge in [-0.3, -0.25) is 5.32 Å². The predicted octanol–water partition coefficient (Wildman–Crippen LogP) is 3.16. The summed E-state index contributed by atoms with van der Waals surface area (Å²) in [5.41, 5.74) is -0.550. The smallest absolute Gasteiger partial charge is 0.369 e. The zero-order chi connectivity index (χ0) is 14.8. The van der Waals surface area contributed by atoms with Crippen LogP contribution in [0.2, 0.25) is 0 Å². The van der Waals surface area contributed by atoms with Crippen molar-refractivity contribution in [3.63, 3.8) is 0 Å². The van der Waals surface area contributed by atoms with Gasteiger partial charge in [0.2, 0.25) is 0 Å². The number of nitrogens with one attached hydrogen (secondary N) is 1. The van der Waals surface area contributed by atoms with Gasteiger partial charge in [0.15, 0.2) is 6.10 Å². The minimum atomic E-state index is -4.31. The standard InChI is InChI=1S/C14H21F3N2O/c1-10(14(15,16)17)20-8-6-11-3-2-7-13(11,9-18)19-12-4-5-12/h10-12,19H,2-8H2,1H3. The Hall–Kier alpha value is -0.800. The van der Waals surface area contributed by atoms with Crippen molar-refractivity contribution in [1.29, 1.82) is 5.26 Å². The third kappa shape index (κ3) is 3.64. The van der Waals surface area contributed by atoms with Crippen LogP contribution in [-0.4, -0.2) is 30.5 Å². The van der Waals surface area contributed by atoms with Gasteiger partial charge >= 0.3 is 6.18 Å². The summed E-state index contributed by atoms with van der Waals surface area (Å²) in [6.07, 6.45) is -0.724. The normalized spacial score (nSPS) is 32.0. The van der Waals surface area contributed by atoms with E-state index in [4.69, 9.17) is 4.74 Å². The van der Waals surface area contributed by atoms with Crippen LogP contribution in [-0.2, 0) is 4.74 Å². The molecule has 20 heavy (non-hydrogen) atoms. The van der Waals surface area contributed by atoms with E-state index in [1.54, 1.807) is 0 Å². The van der Waals surface area contributed by atoms with Crippen LogP contribution in [0.25, 0.3) is 0 Å². The van der Waals surface area contributed by atoms with Crippen molar-refractivity contribution in [3.8, 4) is 6.07 Å². The van der Waals surface area contributed by atoms with Gasteiger partial charge in [0.25, 0.3) is 0 Å². The van der Waals surface area contributed by atoms with Crippen molar-refractivity contribution in [1.82, 2.24) is 5.32 Å². The molecule has 2 rings (SSSR count). The lowest BCUT2D eigenvalue weighted by Crippen LogP contribution is -2.48. The van der Waals surface area contributed by atoms with E-state index in [0.29, 0.717) is 12.5 Å². The van der Waals surface area contributed by atoms with Gasteiger partial charge in [-0.25, -0.2) is 0 Å². The van der Waals surface area contributed by atoms with Gasteiger partial charge in [0.1, 0.15) is 5.54 Å². The molecule has 3 unspecified atom stereocenters. The summed E-state index contributed by atoms with van der Waals surface area (Å²) in [7, 11) is 0. The zero-order valence-electron chi connectivity index (χ0n) is 11.7. The van der Waals surface area contributed by atoms with E-state index in [0.717, 1.165) is 39.0 Å². The summed E-state index contributed by atoms with van der Waals surface area (Å²) in [6, 6.07) is 2.80. The average Bonchev–Trinajstić information content (AvgIpc) is 3.09. The first-order chi connectivity index (χ1) is 9.37. The maximum atomic E-state index is 12.4. The molecule has 3 nitrogen and oxygen atoms in total. The molecule has 2 fully saturated rings. The molecule has 3 atom stereocenters. The Morgan fingerprint density at radius 3 is 2.65 bits per heavy atom. The van der Waals surface area contributed by atoms with Gasteiger partial charge in [0.05, 0.1) is 6.07 Å². The van der Waals surface area contributed by atoms with E-state index in [-0.39, 0.29) is 12.5 Å². The van der Waals surface area contributed by atoms with E-state index < -0.39 is 17.8 Å². The van der Waals surface area contributed by atoms with E-state index >= 15 is 0 Å². The highest BCUT2D eigenvalue weighted by Gasteiger charge is 2.46. The van der Waals surface area contributed by atoms with Gasteiger partial charge in [-0.2, -0.15) is 18.4 Å². The van der Waals surface area contributed by atoms with Crippen LogP contribution >= 0.6 is 0 Å². The zero-order valence-corrected chi connectivity index (χ0v) is 11.7. The summed E-state index contributed by atoms with van der Waals surface area (Å²) < 4.78 is 41.9. The topological polar surface area (TPSA) is 45.0 Å². The molecule has 0 saturated heterocycles. The van der Waals surface area contributed by atoms with E-state index in [1.165, 1.54) is 0 Å². The molecule has 2 saturated carbocycles. The summed E-state index contributed by atoms with van der Waals surface area (Å²) >= 11 is 0. The van der Waals surface area contributed by atoms with E-state index in [9.17, 15) is 18.4 Å². The average molecular weight is 290 g/mol. The Bertz CT molecular complexity index is 376. The maximum Gasteiger partial charge on any atom is 0.414 e. The maximum absolute atomic E-state index is 12.4. The van der Waals surface area contributed by atoms with Gasteiger partial charge in [-0.1, -0.05) is 6.42 Å². The Labute approximate surface area is 117 Å². The number of halogens is 3. The fourth-order valence-electron chi connectivity index (χ4n) is 2.91. The number of hydrogen-bond donors (Lipinski definition) is 1. The fraction of sp³-hybridized carbons (Fsp3) is 0.929. The van der Waals surface area contributed by atoms with Crippen molar-refractivity contribution in [2.45, 2.75) is 69.3 Å². The molecule has 0 aromatic heterocycles. The largest absolute Gasteiger partial charge is 0.414 e. The second-order valence-corrected chi connectivity index (χ2v) is 5.93. The molecule has 0 spiro atoms. The molecule has 0 radical (unpaired) electrons. The molecule has 0 aliphatic heterocycles. The summed E-state index contributed by atoms with van der Waals surface area (Å²) in [5.74, 6) is 0.0912. The molecule has 0 aromatic carbocycles. The van der Waals surface area contributed by atoms with Crippen LogP contribution in [0.3, 0.4) is 0 Å². The van der Waals surface area contributed by atoms with Crippen LogP contribution in [0.1, 0.15) is 45.4 Å². The molecule has 1 N–H and O–H groups in total. The first-order valence-corrected chi connectivity index (χ1v) is 7.24. The highest BCUT2D eigenvalue weighted by Crippen LogP contribution is 2.40. The van der Waals surface area contributed by atoms with E-state index in [2.05, 4.69) is 11.4 Å². The van der Waals surface area contributed by atoms with Gasteiger partial charge in [-0.15, -0.1) is 0 Å². The Morgan fingerprint density at radius 2 is 2.10 bits per heavy atom. The van der Waals surface area contributed by atoms with Crippen molar-refractivity contribution >= 4 is 0 Å². The number of nitrogens with zero attached hydrogens (tertiary/aromatic N) is 1. The number of ether oxygens (including phenoxy) is 1. The minimum absolute atomic E-state index is 0.0567. The highest BCUT2D eigenvalue weighted by atomic mass is 19.4. The molecule has 0 amide bonds. The molecule has 6 heteroatoms. The molecule has 0 aromatic rings. The molecular formula is C14H21F3N2O. The van der Waals surface area contributed by atoms with Crippen molar-refractivity contribution in [2.24, 2.45) is 5.92 Å². The number of alkyl halides is 3. The quantitative estimate of drug-likeness (QED) is 0.817. The Balaban J connectivity index is 1.83. The SMILES string of the molecule is CC(OCCC1CCCC1(C#N)NC1CC1)C(F)(F)F. The van der Waals surface area contributed by atoms with Crippen LogP contribution in [0, 0.1) is 17.2 Å². The van der Waals surface area contributed by atoms with Gasteiger partial charge in [0, 0.05) is 12.6 Å². The third-order valence-electron chi connectivity index (χ3n) is 4.35. The van der Waals surface area contributed by atoms with Crippen molar-refractivity contribution in [3.05, 3.63) is 0 Å². The van der Waals surface area contributed by atoms with Crippen LogP contribution in [0.5, 0.6) is 0 Å². The lowest BCUT2D eigenvalue weighted by molar-refractivity contribution is -0.215. The lowest BCUT2D eigenvalue weighted by atomic mass is 9.86. The molecule has 0 heterocycles. The van der Waals surface area contributed by atoms with E-state index in [1.807, 2.05) is 0 Å². The highest BCUT2D eigenvalue weighted by molar-refractivity contribution is 5.16. The summed E-state index contributed by atoms with van der Waals surface area (Å²) in [5, 5.41) is 12.9. The predicted molar refractivity (Wildman–Crippen MR) is 67.9 cm³/mol. The van der Waals surface area contributed by atoms with Crippen LogP contribution in [0.15, 0.2) is 0 Å². The second-order valence-electron chi connectivity index (χ2n) is 5.93. The lowest BCUT2D eigenvalue weighted by Gasteiger charge is -2.30. The van der Waals surface area contributed by atoms with Crippen LogP contribution < -0.4 is 5.32 Å². The van der Waals surface area contributed by atoms with Gasteiger partial charge < -0.3 is 4.74 Å². The molecule has 0 bridgehead atoms. The first kappa shape index (κ1) is 15.6. The van der Waals surface area contributed by atoms with Crippen LogP contribution in [0.4, 0.5) is 13.2 Å². The molecule has 2 aliphatic rings. The number of hydrogen-bond acceptors (Lipinski definition) is 3. The Kier molecular flexibility index (Phi) is 4.60. The number of nitriles is 1. The monoisotopic (exact) mass is 290 g/mol. The fourth-order valence-corrected chi connectivity index (χ4v) is 2.91. The van der Waals surface area contributed by atoms with Gasteiger partial charge in [-0.05, 0) is 44.9 Å². The summed E-state index contributed by atoms with van der Waals surface area (Å²) in [6.45, 7) is 1.08. The first-order valence-electron chi connectivity index (χ1n) is 7.24. The van der Waals surface area contributed by atoms with Crippen molar-refractivity contribution in [2.75, 3.05) is 6.61 Å². The number of rotatable bonds is 6.